The van der Waals surface area contributed by atoms with Crippen LogP contribution >= 0.6 is 0 Å². The van der Waals surface area contributed by atoms with Gasteiger partial charge in [0.25, 0.3) is 0 Å². The average molecular weight is 413 g/mol. The predicted molar refractivity (Wildman–Crippen MR) is 76.8 cm³/mol. The number of halogens is 9. The maximum absolute atomic E-state index is 13.7. The van der Waals surface area contributed by atoms with E-state index in [4.69, 9.17) is 0 Å². The molecule has 1 atom stereocenters. The number of rotatable bonds is 5. The van der Waals surface area contributed by atoms with Crippen molar-refractivity contribution in [1.82, 2.24) is 0 Å². The van der Waals surface area contributed by atoms with Gasteiger partial charge in [0.15, 0.2) is 0 Å². The van der Waals surface area contributed by atoms with E-state index in [0.29, 0.717) is 30.3 Å². The fourth-order valence-electron chi connectivity index (χ4n) is 2.29. The first-order chi connectivity index (χ1) is 12.8. The third-order valence-corrected chi connectivity index (χ3v) is 3.49. The fraction of sp³-hybridized carbons (Fsp3) is 0.235. The molecule has 0 N–H and O–H groups in total. The molecule has 2 nitrogen and oxygen atoms in total. The van der Waals surface area contributed by atoms with Gasteiger partial charge in [-0.15, -0.1) is 0 Å². The van der Waals surface area contributed by atoms with E-state index in [1.165, 1.54) is 6.07 Å². The maximum Gasteiger partial charge on any atom is 0.461 e. The zero-order valence-corrected chi connectivity index (χ0v) is 13.4. The highest BCUT2D eigenvalue weighted by Gasteiger charge is 2.44. The van der Waals surface area contributed by atoms with Gasteiger partial charge >= 0.3 is 18.7 Å². The summed E-state index contributed by atoms with van der Waals surface area (Å²) in [5, 5.41) is 9.24. The zero-order chi connectivity index (χ0) is 21.3. The van der Waals surface area contributed by atoms with Gasteiger partial charge in [0, 0.05) is 6.07 Å². The molecule has 0 heterocycles. The first kappa shape index (κ1) is 21.4. The van der Waals surface area contributed by atoms with Crippen molar-refractivity contribution in [1.29, 1.82) is 5.26 Å². The molecule has 150 valence electrons. The number of hydrogen-bond donors (Lipinski definition) is 0. The van der Waals surface area contributed by atoms with Crippen LogP contribution in [0.1, 0.15) is 22.6 Å². The molecule has 0 bridgehead atoms. The number of benzene rings is 2. The van der Waals surface area contributed by atoms with Crippen molar-refractivity contribution < 1.29 is 44.3 Å². The highest BCUT2D eigenvalue weighted by atomic mass is 19.4. The van der Waals surface area contributed by atoms with Gasteiger partial charge in [-0.2, -0.15) is 36.0 Å². The van der Waals surface area contributed by atoms with E-state index >= 15 is 0 Å². The van der Waals surface area contributed by atoms with Gasteiger partial charge < -0.3 is 4.74 Å². The van der Waals surface area contributed by atoms with E-state index in [0.717, 1.165) is 6.07 Å². The molecule has 11 heteroatoms. The van der Waals surface area contributed by atoms with Gasteiger partial charge in [-0.1, -0.05) is 6.07 Å². The first-order valence-corrected chi connectivity index (χ1v) is 7.27. The van der Waals surface area contributed by atoms with Gasteiger partial charge in [-0.3, -0.25) is 0 Å². The lowest BCUT2D eigenvalue weighted by molar-refractivity contribution is -0.253. The largest absolute Gasteiger partial charge is 0.461 e. The van der Waals surface area contributed by atoms with Gasteiger partial charge in [0.1, 0.15) is 17.4 Å². The third kappa shape index (κ3) is 4.68. The molecule has 0 saturated carbocycles. The Balaban J connectivity index is 2.50. The lowest BCUT2D eigenvalue weighted by Crippen LogP contribution is -2.33. The van der Waals surface area contributed by atoms with Crippen LogP contribution in [-0.4, -0.2) is 12.5 Å². The standard InChI is InChI=1S/C17H8F9NO/c18-10-3-9(4-11(6-10)28-17(25,26)15(20)21)12(7-27)8-1-2-14(19)13(5-8)16(22,23)24/h1-6,12,15H. The van der Waals surface area contributed by atoms with Gasteiger partial charge in [-0.05, 0) is 35.4 Å². The third-order valence-electron chi connectivity index (χ3n) is 3.49. The number of hydrogen-bond acceptors (Lipinski definition) is 2. The molecule has 2 aromatic carbocycles. The summed E-state index contributed by atoms with van der Waals surface area (Å²) >= 11 is 0. The van der Waals surface area contributed by atoms with Crippen molar-refractivity contribution in [2.45, 2.75) is 24.6 Å². The van der Waals surface area contributed by atoms with Crippen molar-refractivity contribution in [3.63, 3.8) is 0 Å². The van der Waals surface area contributed by atoms with Crippen LogP contribution in [0.3, 0.4) is 0 Å². The van der Waals surface area contributed by atoms with Crippen LogP contribution in [-0.2, 0) is 6.18 Å². The molecule has 0 spiro atoms. The highest BCUT2D eigenvalue weighted by Crippen LogP contribution is 2.36. The molecule has 28 heavy (non-hydrogen) atoms. The summed E-state index contributed by atoms with van der Waals surface area (Å²) < 4.78 is 120. The normalized spacial score (nSPS) is 13.3. The van der Waals surface area contributed by atoms with Crippen LogP contribution in [0.15, 0.2) is 36.4 Å². The molecule has 0 aliphatic rings. The van der Waals surface area contributed by atoms with Crippen molar-refractivity contribution in [3.05, 3.63) is 64.7 Å². The first-order valence-electron chi connectivity index (χ1n) is 7.27. The summed E-state index contributed by atoms with van der Waals surface area (Å²) in [4.78, 5) is 0. The highest BCUT2D eigenvalue weighted by molar-refractivity contribution is 5.43. The number of ether oxygens (including phenoxy) is 1. The van der Waals surface area contributed by atoms with E-state index < -0.39 is 58.7 Å². The molecule has 2 rings (SSSR count). The monoisotopic (exact) mass is 413 g/mol. The molecule has 0 aliphatic heterocycles. The minimum Gasteiger partial charge on any atom is -0.428 e. The predicted octanol–water partition coefficient (Wildman–Crippen LogP) is 5.88. The molecule has 0 radical (unpaired) electrons. The topological polar surface area (TPSA) is 33.0 Å². The van der Waals surface area contributed by atoms with Crippen molar-refractivity contribution >= 4 is 0 Å². The Morgan fingerprint density at radius 3 is 2.07 bits per heavy atom. The number of nitrogens with zero attached hydrogens (tertiary/aromatic N) is 1. The zero-order valence-electron chi connectivity index (χ0n) is 13.4. The molecular weight excluding hydrogens is 405 g/mol. The van der Waals surface area contributed by atoms with Gasteiger partial charge in [0.05, 0.1) is 17.6 Å². The lowest BCUT2D eigenvalue weighted by Gasteiger charge is -2.19. The summed E-state index contributed by atoms with van der Waals surface area (Å²) in [6, 6.07) is 4.64. The van der Waals surface area contributed by atoms with Gasteiger partial charge in [-0.25, -0.2) is 8.78 Å². The average Bonchev–Trinajstić information content (AvgIpc) is 2.54. The second-order valence-electron chi connectivity index (χ2n) is 5.48. The minimum absolute atomic E-state index is 0.308. The van der Waals surface area contributed by atoms with Crippen LogP contribution in [0.5, 0.6) is 5.75 Å². The lowest BCUT2D eigenvalue weighted by atomic mass is 9.91. The molecule has 0 amide bonds. The minimum atomic E-state index is -5.09. The van der Waals surface area contributed by atoms with Gasteiger partial charge in [0.2, 0.25) is 0 Å². The Morgan fingerprint density at radius 1 is 0.893 bits per heavy atom. The fourth-order valence-corrected chi connectivity index (χ4v) is 2.29. The Hall–Kier alpha value is -2.90. The van der Waals surface area contributed by atoms with Crippen molar-refractivity contribution in [3.8, 4) is 11.8 Å². The smallest absolute Gasteiger partial charge is 0.428 e. The molecule has 0 aliphatic carbocycles. The number of alkyl halides is 7. The Labute approximate surface area is 151 Å². The summed E-state index contributed by atoms with van der Waals surface area (Å²) in [5.74, 6) is -5.61. The summed E-state index contributed by atoms with van der Waals surface area (Å²) in [6.07, 6.45) is -14.3. The van der Waals surface area contributed by atoms with Crippen LogP contribution in [0.4, 0.5) is 39.5 Å². The Kier molecular flexibility index (Phi) is 5.82. The second kappa shape index (κ2) is 7.61. The van der Waals surface area contributed by atoms with E-state index in [1.807, 2.05) is 0 Å². The van der Waals surface area contributed by atoms with E-state index in [-0.39, 0.29) is 0 Å². The quantitative estimate of drug-likeness (QED) is 0.574. The Bertz CT molecular complexity index is 902. The molecular formula is C17H8F9NO. The molecule has 2 aromatic rings. The van der Waals surface area contributed by atoms with Crippen LogP contribution in [0.2, 0.25) is 0 Å². The Morgan fingerprint density at radius 2 is 1.54 bits per heavy atom. The van der Waals surface area contributed by atoms with E-state index in [2.05, 4.69) is 4.74 Å². The molecule has 0 fully saturated rings. The van der Waals surface area contributed by atoms with Crippen LogP contribution in [0.25, 0.3) is 0 Å². The number of nitriles is 1. The van der Waals surface area contributed by atoms with Crippen LogP contribution in [0, 0.1) is 23.0 Å². The summed E-state index contributed by atoms with van der Waals surface area (Å²) in [5.41, 5.74) is -2.57. The molecule has 0 aromatic heterocycles. The molecule has 1 unspecified atom stereocenters. The SMILES string of the molecule is N#CC(c1cc(F)cc(OC(F)(F)C(F)F)c1)c1ccc(F)c(C(F)(F)F)c1. The second-order valence-corrected chi connectivity index (χ2v) is 5.48. The summed E-state index contributed by atoms with van der Waals surface area (Å²) in [6.45, 7) is 0. The van der Waals surface area contributed by atoms with E-state index in [1.54, 1.807) is 0 Å². The maximum atomic E-state index is 13.7. The van der Waals surface area contributed by atoms with E-state index in [9.17, 15) is 44.8 Å². The van der Waals surface area contributed by atoms with Crippen molar-refractivity contribution in [2.75, 3.05) is 0 Å². The van der Waals surface area contributed by atoms with Crippen LogP contribution < -0.4 is 4.74 Å². The van der Waals surface area contributed by atoms with Crippen molar-refractivity contribution in [2.24, 2.45) is 0 Å². The molecule has 0 saturated heterocycles. The summed E-state index contributed by atoms with van der Waals surface area (Å²) in [7, 11) is 0.